The number of nitrogens with zero attached hydrogens (tertiary/aromatic N) is 3. The lowest BCUT2D eigenvalue weighted by Gasteiger charge is -2.31. The van der Waals surface area contributed by atoms with Crippen molar-refractivity contribution in [2.24, 2.45) is 5.92 Å². The van der Waals surface area contributed by atoms with Crippen LogP contribution in [0.25, 0.3) is 0 Å². The van der Waals surface area contributed by atoms with Crippen LogP contribution in [-0.2, 0) is 24.8 Å². The van der Waals surface area contributed by atoms with Crippen molar-refractivity contribution >= 4 is 37.3 Å². The lowest BCUT2D eigenvalue weighted by atomic mass is 9.98. The van der Waals surface area contributed by atoms with Gasteiger partial charge in [0, 0.05) is 32.2 Å². The molecule has 1 N–H and O–H groups in total. The van der Waals surface area contributed by atoms with Gasteiger partial charge in [0.05, 0.1) is 28.5 Å². The third-order valence-corrected chi connectivity index (χ3v) is 10.4. The van der Waals surface area contributed by atoms with Gasteiger partial charge in [0.15, 0.2) is 4.90 Å². The van der Waals surface area contributed by atoms with E-state index >= 15 is 0 Å². The molecular formula is C23H28N4O8S2. The third-order valence-electron chi connectivity index (χ3n) is 6.57. The second-order valence-electron chi connectivity index (χ2n) is 8.89. The summed E-state index contributed by atoms with van der Waals surface area (Å²) in [4.78, 5) is 23.4. The number of rotatable bonds is 8. The van der Waals surface area contributed by atoms with E-state index in [9.17, 15) is 31.7 Å². The van der Waals surface area contributed by atoms with Crippen LogP contribution >= 0.6 is 0 Å². The standard InChI is InChI=1S/C23H28N4O8S2/c1-35-21-11-10-18(36(31,32)25-12-4-5-13-25)15-19(21)24-23(28)17-7-6-14-26(16-17)37(33,34)22-9-3-2-8-20(22)27(29)30/h2-3,8-11,15,17H,4-7,12-14,16H2,1H3,(H,24,28). The number of carbonyl (C=O) groups excluding carboxylic acids is 1. The Bertz CT molecular complexity index is 1410. The molecule has 2 saturated heterocycles. The second-order valence-corrected chi connectivity index (χ2v) is 12.7. The van der Waals surface area contributed by atoms with Crippen LogP contribution in [0.3, 0.4) is 0 Å². The highest BCUT2D eigenvalue weighted by atomic mass is 32.2. The van der Waals surface area contributed by atoms with E-state index in [4.69, 9.17) is 4.74 Å². The van der Waals surface area contributed by atoms with E-state index in [2.05, 4.69) is 5.32 Å². The van der Waals surface area contributed by atoms with Crippen LogP contribution in [-0.4, -0.2) is 69.6 Å². The summed E-state index contributed by atoms with van der Waals surface area (Å²) in [7, 11) is -6.57. The first kappa shape index (κ1) is 27.0. The predicted molar refractivity (Wildman–Crippen MR) is 134 cm³/mol. The number of nitro groups is 1. The van der Waals surface area contributed by atoms with Crippen molar-refractivity contribution in [2.75, 3.05) is 38.6 Å². The molecule has 37 heavy (non-hydrogen) atoms. The molecule has 1 unspecified atom stereocenters. The first-order valence-electron chi connectivity index (χ1n) is 11.8. The van der Waals surface area contributed by atoms with Gasteiger partial charge in [-0.2, -0.15) is 8.61 Å². The molecular weight excluding hydrogens is 524 g/mol. The quantitative estimate of drug-likeness (QED) is 0.387. The van der Waals surface area contributed by atoms with Crippen molar-refractivity contribution in [3.63, 3.8) is 0 Å². The lowest BCUT2D eigenvalue weighted by Crippen LogP contribution is -2.43. The largest absolute Gasteiger partial charge is 0.495 e. The highest BCUT2D eigenvalue weighted by Gasteiger charge is 2.37. The van der Waals surface area contributed by atoms with Gasteiger partial charge in [-0.25, -0.2) is 16.8 Å². The highest BCUT2D eigenvalue weighted by molar-refractivity contribution is 7.89. The van der Waals surface area contributed by atoms with Crippen LogP contribution in [0.15, 0.2) is 52.3 Å². The molecule has 2 aromatic carbocycles. The Hall–Kier alpha value is -3.07. The smallest absolute Gasteiger partial charge is 0.289 e. The Labute approximate surface area is 215 Å². The summed E-state index contributed by atoms with van der Waals surface area (Å²) in [5, 5.41) is 14.1. The first-order valence-corrected chi connectivity index (χ1v) is 14.7. The topological polar surface area (TPSA) is 156 Å². The fourth-order valence-corrected chi connectivity index (χ4v) is 7.82. The second kappa shape index (κ2) is 10.7. The Morgan fingerprint density at radius 1 is 1.00 bits per heavy atom. The molecule has 2 heterocycles. The summed E-state index contributed by atoms with van der Waals surface area (Å²) < 4.78 is 60.2. The number of para-hydroxylation sites is 1. The molecule has 14 heteroatoms. The van der Waals surface area contributed by atoms with Crippen LogP contribution in [0, 0.1) is 16.0 Å². The van der Waals surface area contributed by atoms with Crippen molar-refractivity contribution in [2.45, 2.75) is 35.5 Å². The lowest BCUT2D eigenvalue weighted by molar-refractivity contribution is -0.387. The van der Waals surface area contributed by atoms with E-state index in [-0.39, 0.29) is 29.4 Å². The van der Waals surface area contributed by atoms with E-state index in [1.165, 1.54) is 47.8 Å². The SMILES string of the molecule is COc1ccc(S(=O)(=O)N2CCCC2)cc1NC(=O)C1CCCN(S(=O)(=O)c2ccccc2[N+](=O)[O-])C1. The number of nitro benzene ring substituents is 1. The molecule has 0 spiro atoms. The number of amides is 1. The molecule has 2 fully saturated rings. The van der Waals surface area contributed by atoms with Gasteiger partial charge < -0.3 is 10.1 Å². The molecule has 1 atom stereocenters. The summed E-state index contributed by atoms with van der Waals surface area (Å²) >= 11 is 0. The van der Waals surface area contributed by atoms with Gasteiger partial charge >= 0.3 is 0 Å². The molecule has 2 aromatic rings. The van der Waals surface area contributed by atoms with E-state index in [0.29, 0.717) is 25.9 Å². The summed E-state index contributed by atoms with van der Waals surface area (Å²) in [5.74, 6) is -1.000. The van der Waals surface area contributed by atoms with E-state index < -0.39 is 47.4 Å². The normalized spacial score (nSPS) is 19.4. The Kier molecular flexibility index (Phi) is 7.83. The summed E-state index contributed by atoms with van der Waals surface area (Å²) in [6, 6.07) is 9.31. The van der Waals surface area contributed by atoms with Gasteiger partial charge in [-0.1, -0.05) is 12.1 Å². The number of ether oxygens (including phenoxy) is 1. The molecule has 1 amide bonds. The maximum atomic E-state index is 13.2. The van der Waals surface area contributed by atoms with Crippen LogP contribution < -0.4 is 10.1 Å². The van der Waals surface area contributed by atoms with E-state index in [0.717, 1.165) is 23.2 Å². The monoisotopic (exact) mass is 552 g/mol. The zero-order chi connectivity index (χ0) is 26.8. The van der Waals surface area contributed by atoms with Crippen molar-refractivity contribution in [1.82, 2.24) is 8.61 Å². The maximum Gasteiger partial charge on any atom is 0.289 e. The molecule has 0 aliphatic carbocycles. The number of sulfonamides is 2. The van der Waals surface area contributed by atoms with Crippen molar-refractivity contribution in [3.8, 4) is 5.75 Å². The number of carbonyl (C=O) groups is 1. The van der Waals surface area contributed by atoms with Gasteiger partial charge in [-0.15, -0.1) is 0 Å². The molecule has 0 radical (unpaired) electrons. The maximum absolute atomic E-state index is 13.2. The number of nitrogens with one attached hydrogen (secondary N) is 1. The number of anilines is 1. The van der Waals surface area contributed by atoms with E-state index in [1.807, 2.05) is 0 Å². The van der Waals surface area contributed by atoms with Crippen molar-refractivity contribution in [1.29, 1.82) is 0 Å². The molecule has 2 aliphatic heterocycles. The number of hydrogen-bond acceptors (Lipinski definition) is 8. The molecule has 0 bridgehead atoms. The summed E-state index contributed by atoms with van der Waals surface area (Å²) in [6.07, 6.45) is 2.33. The van der Waals surface area contributed by atoms with Gasteiger partial charge in [0.2, 0.25) is 26.0 Å². The number of piperidine rings is 1. The van der Waals surface area contributed by atoms with E-state index in [1.54, 1.807) is 0 Å². The summed E-state index contributed by atoms with van der Waals surface area (Å²) in [5.41, 5.74) is -0.374. The number of hydrogen-bond donors (Lipinski definition) is 1. The molecule has 0 saturated carbocycles. The highest BCUT2D eigenvalue weighted by Crippen LogP contribution is 2.33. The van der Waals surface area contributed by atoms with Crippen LogP contribution in [0.5, 0.6) is 5.75 Å². The molecule has 0 aromatic heterocycles. The number of methoxy groups -OCH3 is 1. The average Bonchev–Trinajstić information content (AvgIpc) is 3.45. The minimum Gasteiger partial charge on any atom is -0.495 e. The Morgan fingerprint density at radius 3 is 2.35 bits per heavy atom. The fourth-order valence-electron chi connectivity index (χ4n) is 4.60. The summed E-state index contributed by atoms with van der Waals surface area (Å²) in [6.45, 7) is 0.809. The van der Waals surface area contributed by atoms with Crippen molar-refractivity contribution in [3.05, 3.63) is 52.6 Å². The zero-order valence-corrected chi connectivity index (χ0v) is 21.8. The van der Waals surface area contributed by atoms with Crippen molar-refractivity contribution < 1.29 is 31.3 Å². The molecule has 4 rings (SSSR count). The van der Waals surface area contributed by atoms with Gasteiger partial charge in [0.1, 0.15) is 5.75 Å². The number of benzene rings is 2. The minimum absolute atomic E-state index is 0.0229. The van der Waals surface area contributed by atoms with Gasteiger partial charge in [0.25, 0.3) is 5.69 Å². The van der Waals surface area contributed by atoms with Crippen LogP contribution in [0.1, 0.15) is 25.7 Å². The Balaban J connectivity index is 1.55. The van der Waals surface area contributed by atoms with Crippen LogP contribution in [0.4, 0.5) is 11.4 Å². The van der Waals surface area contributed by atoms with Gasteiger partial charge in [-0.05, 0) is 49.9 Å². The van der Waals surface area contributed by atoms with Gasteiger partial charge in [-0.3, -0.25) is 14.9 Å². The first-order chi connectivity index (χ1) is 17.6. The Morgan fingerprint density at radius 2 is 1.68 bits per heavy atom. The fraction of sp³-hybridized carbons (Fsp3) is 0.435. The average molecular weight is 553 g/mol. The zero-order valence-electron chi connectivity index (χ0n) is 20.2. The predicted octanol–water partition coefficient (Wildman–Crippen LogP) is 2.43. The minimum atomic E-state index is -4.22. The van der Waals surface area contributed by atoms with Crippen LogP contribution in [0.2, 0.25) is 0 Å². The molecule has 12 nitrogen and oxygen atoms in total. The third kappa shape index (κ3) is 5.46. The molecule has 200 valence electrons. The molecule has 2 aliphatic rings.